The van der Waals surface area contributed by atoms with E-state index in [2.05, 4.69) is 11.9 Å². The number of benzene rings is 2. The molecule has 0 saturated carbocycles. The lowest BCUT2D eigenvalue weighted by molar-refractivity contribution is -0.117. The molecule has 0 fully saturated rings. The van der Waals surface area contributed by atoms with Gasteiger partial charge in [0.05, 0.1) is 28.4 Å². The largest absolute Gasteiger partial charge is 0.503 e. The molecule has 1 amide bonds. The van der Waals surface area contributed by atoms with Gasteiger partial charge < -0.3 is 14.3 Å². The van der Waals surface area contributed by atoms with Gasteiger partial charge in [-0.05, 0) is 61.4 Å². The summed E-state index contributed by atoms with van der Waals surface area (Å²) in [5, 5.41) is 11.1. The molecule has 0 saturated heterocycles. The van der Waals surface area contributed by atoms with E-state index in [1.165, 1.54) is 29.2 Å². The number of thiazole rings is 1. The second kappa shape index (κ2) is 9.58. The highest BCUT2D eigenvalue weighted by Crippen LogP contribution is 2.44. The van der Waals surface area contributed by atoms with Gasteiger partial charge >= 0.3 is 0 Å². The molecule has 4 aromatic rings. The zero-order valence-corrected chi connectivity index (χ0v) is 20.5. The van der Waals surface area contributed by atoms with Crippen molar-refractivity contribution >= 4 is 38.4 Å². The second-order valence-electron chi connectivity index (χ2n) is 8.46. The number of carbonyl (C=O) groups excluding carboxylic acids is 2. The molecule has 5 rings (SSSR count). The molecule has 2 aromatic carbocycles. The number of ether oxygens (including phenoxy) is 1. The first-order valence-electron chi connectivity index (χ1n) is 11.5. The summed E-state index contributed by atoms with van der Waals surface area (Å²) >= 11 is 1.10. The average molecular weight is 507 g/mol. The number of nitrogens with zero attached hydrogens (tertiary/aromatic N) is 2. The SMILES string of the molecule is CCCCOc1ccc(C2C(C(=O)c3ccc(C)o3)=C(O)C(=O)N2c2nc3ccc(F)cc3s2)cc1. The van der Waals surface area contributed by atoms with Gasteiger partial charge in [-0.1, -0.05) is 36.8 Å². The molecule has 7 nitrogen and oxygen atoms in total. The third kappa shape index (κ3) is 4.26. The van der Waals surface area contributed by atoms with Crippen LogP contribution < -0.4 is 9.64 Å². The maximum Gasteiger partial charge on any atom is 0.296 e. The summed E-state index contributed by atoms with van der Waals surface area (Å²) in [6, 6.07) is 13.3. The van der Waals surface area contributed by atoms with Gasteiger partial charge in [-0.15, -0.1) is 0 Å². The van der Waals surface area contributed by atoms with Crippen LogP contribution in [0, 0.1) is 12.7 Å². The monoisotopic (exact) mass is 506 g/mol. The summed E-state index contributed by atoms with van der Waals surface area (Å²) in [5.41, 5.74) is 0.968. The van der Waals surface area contributed by atoms with Crippen LogP contribution in [0.1, 0.15) is 47.7 Å². The van der Waals surface area contributed by atoms with Crippen LogP contribution in [0.2, 0.25) is 0 Å². The zero-order valence-electron chi connectivity index (χ0n) is 19.7. The molecule has 184 valence electrons. The Balaban J connectivity index is 1.59. The van der Waals surface area contributed by atoms with E-state index in [-0.39, 0.29) is 16.5 Å². The van der Waals surface area contributed by atoms with Gasteiger partial charge in [-0.25, -0.2) is 9.37 Å². The number of ketones is 1. The maximum atomic E-state index is 13.8. The molecule has 2 aromatic heterocycles. The van der Waals surface area contributed by atoms with E-state index in [4.69, 9.17) is 9.15 Å². The molecule has 3 heterocycles. The minimum atomic E-state index is -0.967. The van der Waals surface area contributed by atoms with Crippen molar-refractivity contribution in [1.82, 2.24) is 4.98 Å². The molecule has 9 heteroatoms. The summed E-state index contributed by atoms with van der Waals surface area (Å²) in [7, 11) is 0. The molecular weight excluding hydrogens is 483 g/mol. The summed E-state index contributed by atoms with van der Waals surface area (Å²) in [5.74, 6) is -1.27. The molecular formula is C27H23FN2O5S. The molecule has 0 aliphatic carbocycles. The van der Waals surface area contributed by atoms with Crippen molar-refractivity contribution in [1.29, 1.82) is 0 Å². The van der Waals surface area contributed by atoms with Gasteiger partial charge in [0.25, 0.3) is 5.91 Å². The van der Waals surface area contributed by atoms with Crippen LogP contribution in [-0.4, -0.2) is 28.4 Å². The number of anilines is 1. The lowest BCUT2D eigenvalue weighted by Crippen LogP contribution is -2.30. The number of furan rings is 1. The van der Waals surface area contributed by atoms with Crippen molar-refractivity contribution in [3.8, 4) is 5.75 Å². The van der Waals surface area contributed by atoms with Crippen LogP contribution in [0.4, 0.5) is 9.52 Å². The number of hydrogen-bond acceptors (Lipinski definition) is 7. The second-order valence-corrected chi connectivity index (χ2v) is 9.47. The van der Waals surface area contributed by atoms with Crippen LogP contribution in [-0.2, 0) is 4.79 Å². The number of Topliss-reactive ketones (excluding diaryl/α,β-unsaturated/α-hetero) is 1. The van der Waals surface area contributed by atoms with E-state index in [9.17, 15) is 19.1 Å². The predicted octanol–water partition coefficient (Wildman–Crippen LogP) is 6.30. The van der Waals surface area contributed by atoms with Gasteiger partial charge in [0.15, 0.2) is 16.7 Å². The molecule has 1 aliphatic rings. The van der Waals surface area contributed by atoms with Crippen LogP contribution in [0.25, 0.3) is 10.2 Å². The first kappa shape index (κ1) is 23.7. The molecule has 1 atom stereocenters. The average Bonchev–Trinajstić information content (AvgIpc) is 3.55. The van der Waals surface area contributed by atoms with Gasteiger partial charge in [-0.3, -0.25) is 14.5 Å². The molecule has 0 bridgehead atoms. The Morgan fingerprint density at radius 2 is 1.97 bits per heavy atom. The maximum absolute atomic E-state index is 13.8. The number of unbranched alkanes of at least 4 members (excludes halogenated alkanes) is 1. The molecule has 1 N–H and O–H groups in total. The van der Waals surface area contributed by atoms with Gasteiger partial charge in [0.1, 0.15) is 17.3 Å². The van der Waals surface area contributed by atoms with Crippen molar-refractivity contribution in [2.24, 2.45) is 0 Å². The van der Waals surface area contributed by atoms with Crippen LogP contribution >= 0.6 is 11.3 Å². The third-order valence-electron chi connectivity index (χ3n) is 5.92. The Morgan fingerprint density at radius 1 is 1.19 bits per heavy atom. The van der Waals surface area contributed by atoms with E-state index in [0.29, 0.717) is 33.9 Å². The lowest BCUT2D eigenvalue weighted by Gasteiger charge is -2.24. The Labute approximate surface area is 210 Å². The van der Waals surface area contributed by atoms with Crippen LogP contribution in [0.15, 0.2) is 70.3 Å². The third-order valence-corrected chi connectivity index (χ3v) is 6.94. The number of aromatic nitrogens is 1. The molecule has 0 spiro atoms. The highest BCUT2D eigenvalue weighted by atomic mass is 32.1. The zero-order chi connectivity index (χ0) is 25.4. The normalized spacial score (nSPS) is 15.8. The summed E-state index contributed by atoms with van der Waals surface area (Å²) in [4.78, 5) is 32.5. The molecule has 0 radical (unpaired) electrons. The minimum absolute atomic E-state index is 0.0135. The van der Waals surface area contributed by atoms with Crippen molar-refractivity contribution in [3.63, 3.8) is 0 Å². The number of amides is 1. The van der Waals surface area contributed by atoms with Gasteiger partial charge in [-0.2, -0.15) is 0 Å². The van der Waals surface area contributed by atoms with Crippen molar-refractivity contribution in [2.45, 2.75) is 32.7 Å². The highest BCUT2D eigenvalue weighted by molar-refractivity contribution is 7.22. The van der Waals surface area contributed by atoms with Crippen LogP contribution in [0.3, 0.4) is 0 Å². The fraction of sp³-hybridized carbons (Fsp3) is 0.222. The van der Waals surface area contributed by atoms with E-state index in [1.807, 2.05) is 0 Å². The van der Waals surface area contributed by atoms with Crippen molar-refractivity contribution in [3.05, 3.63) is 88.8 Å². The van der Waals surface area contributed by atoms with Crippen molar-refractivity contribution in [2.75, 3.05) is 11.5 Å². The fourth-order valence-corrected chi connectivity index (χ4v) is 5.13. The van der Waals surface area contributed by atoms with E-state index in [1.54, 1.807) is 37.3 Å². The van der Waals surface area contributed by atoms with Gasteiger partial charge in [0, 0.05) is 0 Å². The number of aliphatic hydroxyl groups excluding tert-OH is 1. The number of halogens is 1. The minimum Gasteiger partial charge on any atom is -0.503 e. The predicted molar refractivity (Wildman–Crippen MR) is 134 cm³/mol. The summed E-state index contributed by atoms with van der Waals surface area (Å²) in [6.45, 7) is 4.35. The first-order valence-corrected chi connectivity index (χ1v) is 12.4. The number of rotatable bonds is 8. The topological polar surface area (TPSA) is 92.9 Å². The Bertz CT molecular complexity index is 1490. The smallest absolute Gasteiger partial charge is 0.296 e. The quantitative estimate of drug-likeness (QED) is 0.223. The Morgan fingerprint density at radius 3 is 2.67 bits per heavy atom. The van der Waals surface area contributed by atoms with Crippen LogP contribution in [0.5, 0.6) is 5.75 Å². The van der Waals surface area contributed by atoms with E-state index >= 15 is 0 Å². The van der Waals surface area contributed by atoms with Crippen molar-refractivity contribution < 1.29 is 28.2 Å². The number of hydrogen-bond donors (Lipinski definition) is 1. The number of aryl methyl sites for hydroxylation is 1. The lowest BCUT2D eigenvalue weighted by atomic mass is 9.95. The fourth-order valence-electron chi connectivity index (χ4n) is 4.11. The summed E-state index contributed by atoms with van der Waals surface area (Å²) < 4.78 is 25.6. The first-order chi connectivity index (χ1) is 17.4. The molecule has 36 heavy (non-hydrogen) atoms. The summed E-state index contributed by atoms with van der Waals surface area (Å²) in [6.07, 6.45) is 1.92. The Kier molecular flexibility index (Phi) is 6.32. The van der Waals surface area contributed by atoms with Gasteiger partial charge in [0.2, 0.25) is 5.78 Å². The number of fused-ring (bicyclic) bond motifs is 1. The number of aliphatic hydroxyl groups is 1. The number of carbonyl (C=O) groups is 2. The van der Waals surface area contributed by atoms with E-state index < -0.39 is 29.3 Å². The highest BCUT2D eigenvalue weighted by Gasteiger charge is 2.46. The van der Waals surface area contributed by atoms with E-state index in [0.717, 1.165) is 24.2 Å². The standard InChI is InChI=1S/C27H23FN2O5S/c1-3-4-13-34-18-9-6-16(7-10-18)23-22(24(31)20-12-5-15(2)35-20)25(32)26(33)30(23)27-29-19-11-8-17(28)14-21(19)36-27/h5-12,14,23,32H,3-4,13H2,1-2H3. The Hall–Kier alpha value is -3.98. The molecule has 1 unspecified atom stereocenters. The molecule has 1 aliphatic heterocycles.